The van der Waals surface area contributed by atoms with Crippen molar-refractivity contribution in [3.63, 3.8) is 0 Å². The molecule has 0 aromatic carbocycles. The number of hydrogen-bond donors (Lipinski definition) is 2. The van der Waals surface area contributed by atoms with E-state index in [0.29, 0.717) is 18.3 Å². The van der Waals surface area contributed by atoms with Gasteiger partial charge in [-0.3, -0.25) is 0 Å². The Morgan fingerprint density at radius 1 is 1.37 bits per heavy atom. The van der Waals surface area contributed by atoms with E-state index in [4.69, 9.17) is 0 Å². The zero-order valence-corrected chi connectivity index (χ0v) is 13.7. The van der Waals surface area contributed by atoms with Crippen LogP contribution in [0.2, 0.25) is 0 Å². The van der Waals surface area contributed by atoms with Gasteiger partial charge >= 0.3 is 0 Å². The molecule has 0 spiro atoms. The van der Waals surface area contributed by atoms with Gasteiger partial charge in [-0.2, -0.15) is 24.5 Å². The Balaban J connectivity index is 2.24. The van der Waals surface area contributed by atoms with Crippen LogP contribution in [0.4, 0.5) is 0 Å². The van der Waals surface area contributed by atoms with Crippen LogP contribution in [0, 0.1) is 0 Å². The van der Waals surface area contributed by atoms with Crippen molar-refractivity contribution in [1.29, 1.82) is 0 Å². The molecule has 1 heterocycles. The van der Waals surface area contributed by atoms with Gasteiger partial charge in [0.2, 0.25) is 0 Å². The summed E-state index contributed by atoms with van der Waals surface area (Å²) in [6.45, 7) is 4.94. The van der Waals surface area contributed by atoms with Crippen LogP contribution in [0.25, 0.3) is 0 Å². The minimum atomic E-state index is -3.30. The van der Waals surface area contributed by atoms with E-state index in [2.05, 4.69) is 10.0 Å². The summed E-state index contributed by atoms with van der Waals surface area (Å²) >= 11 is 1.88. The maximum Gasteiger partial charge on any atom is 0.279 e. The molecule has 1 rings (SSSR count). The molecule has 0 saturated carbocycles. The molecule has 5 nitrogen and oxygen atoms in total. The van der Waals surface area contributed by atoms with Gasteiger partial charge in [0.05, 0.1) is 0 Å². The van der Waals surface area contributed by atoms with E-state index in [1.54, 1.807) is 7.05 Å². The van der Waals surface area contributed by atoms with Gasteiger partial charge in [-0.1, -0.05) is 13.3 Å². The molecule has 0 radical (unpaired) electrons. The predicted octanol–water partition coefficient (Wildman–Crippen LogP) is 1.04. The first-order chi connectivity index (χ1) is 9.06. The van der Waals surface area contributed by atoms with E-state index in [-0.39, 0.29) is 0 Å². The summed E-state index contributed by atoms with van der Waals surface area (Å²) in [6, 6.07) is 0. The monoisotopic (exact) mass is 309 g/mol. The Labute approximate surface area is 122 Å². The van der Waals surface area contributed by atoms with Crippen molar-refractivity contribution < 1.29 is 8.42 Å². The lowest BCUT2D eigenvalue weighted by atomic mass is 10.2. The molecule has 1 atom stereocenters. The van der Waals surface area contributed by atoms with E-state index in [1.165, 1.54) is 17.1 Å². The highest BCUT2D eigenvalue weighted by Crippen LogP contribution is 2.24. The van der Waals surface area contributed by atoms with Crippen molar-refractivity contribution in [1.82, 2.24) is 14.3 Å². The molecular weight excluding hydrogens is 282 g/mol. The summed E-state index contributed by atoms with van der Waals surface area (Å²) in [5, 5.41) is 3.64. The predicted molar refractivity (Wildman–Crippen MR) is 82.8 cm³/mol. The first-order valence-corrected chi connectivity index (χ1v) is 9.58. The van der Waals surface area contributed by atoms with E-state index in [9.17, 15) is 8.42 Å². The van der Waals surface area contributed by atoms with Crippen LogP contribution in [0.3, 0.4) is 0 Å². The van der Waals surface area contributed by atoms with Gasteiger partial charge < -0.3 is 5.32 Å². The normalized spacial score (nSPS) is 20.9. The molecule has 0 aromatic rings. The Morgan fingerprint density at radius 3 is 2.79 bits per heavy atom. The molecule has 19 heavy (non-hydrogen) atoms. The maximum atomic E-state index is 12.0. The number of nitrogens with zero attached hydrogens (tertiary/aromatic N) is 1. The van der Waals surface area contributed by atoms with Gasteiger partial charge in [0, 0.05) is 25.4 Å². The zero-order chi connectivity index (χ0) is 14.1. The minimum Gasteiger partial charge on any atom is -0.317 e. The maximum absolute atomic E-state index is 12.0. The Hall–Kier alpha value is 0.180. The Bertz CT molecular complexity index is 330. The van der Waals surface area contributed by atoms with Crippen LogP contribution >= 0.6 is 11.8 Å². The van der Waals surface area contributed by atoms with Crippen LogP contribution in [0.5, 0.6) is 0 Å². The molecule has 1 saturated heterocycles. The van der Waals surface area contributed by atoms with Crippen LogP contribution in [-0.2, 0) is 10.2 Å². The lowest BCUT2D eigenvalue weighted by molar-refractivity contribution is 0.444. The molecular formula is C12H27N3O2S2. The molecule has 0 bridgehead atoms. The molecule has 1 unspecified atom stereocenters. The van der Waals surface area contributed by atoms with Crippen molar-refractivity contribution >= 4 is 22.0 Å². The van der Waals surface area contributed by atoms with Gasteiger partial charge in [0.1, 0.15) is 0 Å². The third-order valence-corrected chi connectivity index (χ3v) is 6.19. The number of thioether (sulfide) groups is 1. The Morgan fingerprint density at radius 2 is 2.16 bits per heavy atom. The summed E-state index contributed by atoms with van der Waals surface area (Å²) in [5.74, 6) is 1.16. The fourth-order valence-corrected chi connectivity index (χ4v) is 4.35. The van der Waals surface area contributed by atoms with Gasteiger partial charge in [0.25, 0.3) is 10.2 Å². The van der Waals surface area contributed by atoms with E-state index in [1.807, 2.05) is 18.7 Å². The van der Waals surface area contributed by atoms with Crippen LogP contribution in [-0.4, -0.2) is 57.0 Å². The van der Waals surface area contributed by atoms with Crippen molar-refractivity contribution in [2.45, 2.75) is 37.9 Å². The molecule has 7 heteroatoms. The highest BCUT2D eigenvalue weighted by molar-refractivity contribution is 8.00. The van der Waals surface area contributed by atoms with E-state index >= 15 is 0 Å². The highest BCUT2D eigenvalue weighted by Gasteiger charge is 2.20. The number of rotatable bonds is 9. The molecule has 0 aromatic heterocycles. The third-order valence-electron chi connectivity index (χ3n) is 3.25. The van der Waals surface area contributed by atoms with Crippen LogP contribution < -0.4 is 10.0 Å². The van der Waals surface area contributed by atoms with Crippen LogP contribution in [0.1, 0.15) is 32.6 Å². The van der Waals surface area contributed by atoms with E-state index in [0.717, 1.165) is 31.7 Å². The largest absolute Gasteiger partial charge is 0.317 e. The number of nitrogens with one attached hydrogen (secondary N) is 2. The summed E-state index contributed by atoms with van der Waals surface area (Å²) in [7, 11) is -1.66. The van der Waals surface area contributed by atoms with Gasteiger partial charge in [-0.15, -0.1) is 0 Å². The molecule has 1 aliphatic heterocycles. The summed E-state index contributed by atoms with van der Waals surface area (Å²) in [6.07, 6.45) is 4.44. The average Bonchev–Trinajstić information content (AvgIpc) is 2.42. The van der Waals surface area contributed by atoms with Gasteiger partial charge in [-0.05, 0) is 38.1 Å². The second-order valence-corrected chi connectivity index (χ2v) is 8.14. The molecule has 1 fully saturated rings. The second kappa shape index (κ2) is 9.18. The first kappa shape index (κ1) is 17.2. The zero-order valence-electron chi connectivity index (χ0n) is 12.0. The lowest BCUT2D eigenvalue weighted by Gasteiger charge is -2.23. The molecule has 0 amide bonds. The summed E-state index contributed by atoms with van der Waals surface area (Å²) in [5.41, 5.74) is 0. The van der Waals surface area contributed by atoms with Crippen molar-refractivity contribution in [3.8, 4) is 0 Å². The molecule has 114 valence electrons. The van der Waals surface area contributed by atoms with E-state index < -0.39 is 10.2 Å². The van der Waals surface area contributed by atoms with Crippen molar-refractivity contribution in [3.05, 3.63) is 0 Å². The lowest BCUT2D eigenvalue weighted by Crippen LogP contribution is -2.42. The second-order valence-electron chi connectivity index (χ2n) is 4.87. The average molecular weight is 310 g/mol. The highest BCUT2D eigenvalue weighted by atomic mass is 32.2. The van der Waals surface area contributed by atoms with Crippen LogP contribution in [0.15, 0.2) is 0 Å². The summed E-state index contributed by atoms with van der Waals surface area (Å²) < 4.78 is 28.2. The molecule has 2 N–H and O–H groups in total. The Kier molecular flexibility index (Phi) is 8.32. The number of hydrogen-bond acceptors (Lipinski definition) is 4. The molecule has 1 aliphatic rings. The molecule has 0 aliphatic carbocycles. The third kappa shape index (κ3) is 6.94. The minimum absolute atomic E-state index is 0.443. The topological polar surface area (TPSA) is 61.4 Å². The fourth-order valence-electron chi connectivity index (χ4n) is 2.00. The van der Waals surface area contributed by atoms with Crippen molar-refractivity contribution in [2.24, 2.45) is 0 Å². The van der Waals surface area contributed by atoms with Crippen molar-refractivity contribution in [2.75, 3.05) is 39.0 Å². The van der Waals surface area contributed by atoms with Gasteiger partial charge in [-0.25, -0.2) is 4.72 Å². The van der Waals surface area contributed by atoms with Gasteiger partial charge in [0.15, 0.2) is 0 Å². The fraction of sp³-hybridized carbons (Fsp3) is 1.00. The first-order valence-electron chi connectivity index (χ1n) is 7.09. The smallest absolute Gasteiger partial charge is 0.279 e. The summed E-state index contributed by atoms with van der Waals surface area (Å²) in [4.78, 5) is 0. The SMILES string of the molecule is CCNCCCN(C)S(=O)(=O)NCC1CCCCS1. The quantitative estimate of drug-likeness (QED) is 0.625. The standard InChI is InChI=1S/C12H27N3O2S2/c1-3-13-8-6-9-15(2)19(16,17)14-11-12-7-4-5-10-18-12/h12-14H,3-11H2,1-2H3.